The highest BCUT2D eigenvalue weighted by Crippen LogP contribution is 2.39. The van der Waals surface area contributed by atoms with Gasteiger partial charge in [0, 0.05) is 24.4 Å². The Hall–Kier alpha value is -1.75. The Kier molecular flexibility index (Phi) is 6.07. The molecule has 0 radical (unpaired) electrons. The maximum Gasteiger partial charge on any atom is 0.303 e. The number of aliphatic carboxylic acids is 1. The largest absolute Gasteiger partial charge is 0.493 e. The number of nitrogens with zero attached hydrogens (tertiary/aromatic N) is 1. The number of likely N-dealkylation sites (tertiary alicyclic amines) is 1. The molecule has 122 valence electrons. The zero-order valence-electron chi connectivity index (χ0n) is 13.4. The summed E-state index contributed by atoms with van der Waals surface area (Å²) in [7, 11) is 3.34. The first-order chi connectivity index (χ1) is 10.7. The Bertz CT molecular complexity index is 503. The van der Waals surface area contributed by atoms with E-state index < -0.39 is 5.97 Å². The summed E-state index contributed by atoms with van der Waals surface area (Å²) in [6.45, 7) is 3.02. The van der Waals surface area contributed by atoms with Crippen LogP contribution in [0.4, 0.5) is 0 Å². The Morgan fingerprint density at radius 1 is 1.32 bits per heavy atom. The maximum absolute atomic E-state index is 10.5. The van der Waals surface area contributed by atoms with Gasteiger partial charge in [-0.2, -0.15) is 0 Å². The number of carboxylic acids is 1. The van der Waals surface area contributed by atoms with E-state index in [1.807, 2.05) is 12.1 Å². The topological polar surface area (TPSA) is 59.0 Å². The molecule has 2 rings (SSSR count). The third-order valence-corrected chi connectivity index (χ3v) is 4.26. The van der Waals surface area contributed by atoms with Crippen LogP contribution in [0, 0.1) is 0 Å². The molecule has 1 aliphatic heterocycles. The van der Waals surface area contributed by atoms with Crippen LogP contribution >= 0.6 is 0 Å². The number of hydrogen-bond acceptors (Lipinski definition) is 4. The molecule has 1 aromatic rings. The summed E-state index contributed by atoms with van der Waals surface area (Å²) in [5.74, 6) is 1.35. The van der Waals surface area contributed by atoms with Crippen LogP contribution in [0.1, 0.15) is 37.2 Å². The SMILES string of the molecule is COc1cccc([C@@H]2CCN(CCCCC(=O)O)C2)c1OC. The zero-order valence-corrected chi connectivity index (χ0v) is 13.4. The summed E-state index contributed by atoms with van der Waals surface area (Å²) in [5, 5.41) is 8.66. The number of hydrogen-bond donors (Lipinski definition) is 1. The van der Waals surface area contributed by atoms with E-state index in [1.54, 1.807) is 14.2 Å². The number of benzene rings is 1. The zero-order chi connectivity index (χ0) is 15.9. The van der Waals surface area contributed by atoms with Crippen LogP contribution in [0.15, 0.2) is 18.2 Å². The second kappa shape index (κ2) is 8.03. The van der Waals surface area contributed by atoms with E-state index in [9.17, 15) is 4.79 Å². The van der Waals surface area contributed by atoms with Crippen molar-refractivity contribution in [2.45, 2.75) is 31.6 Å². The molecular weight excluding hydrogens is 282 g/mol. The van der Waals surface area contributed by atoms with Gasteiger partial charge in [0.25, 0.3) is 0 Å². The highest BCUT2D eigenvalue weighted by atomic mass is 16.5. The highest BCUT2D eigenvalue weighted by Gasteiger charge is 2.26. The summed E-state index contributed by atoms with van der Waals surface area (Å²) in [6, 6.07) is 6.03. The summed E-state index contributed by atoms with van der Waals surface area (Å²) < 4.78 is 10.9. The van der Waals surface area contributed by atoms with Crippen LogP contribution < -0.4 is 9.47 Å². The van der Waals surface area contributed by atoms with Gasteiger partial charge < -0.3 is 19.5 Å². The second-order valence-electron chi connectivity index (χ2n) is 5.72. The highest BCUT2D eigenvalue weighted by molar-refractivity contribution is 5.66. The molecule has 0 saturated carbocycles. The van der Waals surface area contributed by atoms with Crippen molar-refractivity contribution in [3.63, 3.8) is 0 Å². The lowest BCUT2D eigenvalue weighted by Crippen LogP contribution is -2.21. The van der Waals surface area contributed by atoms with Gasteiger partial charge in [-0.25, -0.2) is 0 Å². The minimum absolute atomic E-state index is 0.265. The molecule has 1 fully saturated rings. The lowest BCUT2D eigenvalue weighted by molar-refractivity contribution is -0.137. The lowest BCUT2D eigenvalue weighted by Gasteiger charge is -2.18. The first kappa shape index (κ1) is 16.6. The normalized spacial score (nSPS) is 18.4. The van der Waals surface area contributed by atoms with Gasteiger partial charge in [0.05, 0.1) is 14.2 Å². The van der Waals surface area contributed by atoms with Crippen molar-refractivity contribution in [3.8, 4) is 11.5 Å². The molecule has 0 aliphatic carbocycles. The Labute approximate surface area is 131 Å². The van der Waals surface area contributed by atoms with Crippen LogP contribution in [0.3, 0.4) is 0 Å². The van der Waals surface area contributed by atoms with Crippen LogP contribution in [-0.4, -0.2) is 49.8 Å². The van der Waals surface area contributed by atoms with Crippen LogP contribution in [0.2, 0.25) is 0 Å². The Balaban J connectivity index is 1.91. The monoisotopic (exact) mass is 307 g/mol. The third-order valence-electron chi connectivity index (χ3n) is 4.26. The molecule has 0 amide bonds. The van der Waals surface area contributed by atoms with Gasteiger partial charge in [0.15, 0.2) is 11.5 Å². The maximum atomic E-state index is 10.5. The smallest absolute Gasteiger partial charge is 0.303 e. The van der Waals surface area contributed by atoms with Crippen LogP contribution in [0.25, 0.3) is 0 Å². The lowest BCUT2D eigenvalue weighted by atomic mass is 9.97. The van der Waals surface area contributed by atoms with Crippen molar-refractivity contribution in [2.75, 3.05) is 33.9 Å². The molecule has 1 heterocycles. The second-order valence-corrected chi connectivity index (χ2v) is 5.72. The predicted octanol–water partition coefficient (Wildman–Crippen LogP) is 2.75. The number of carboxylic acid groups (broad SMARTS) is 1. The minimum Gasteiger partial charge on any atom is -0.493 e. The molecule has 1 saturated heterocycles. The van der Waals surface area contributed by atoms with Gasteiger partial charge in [-0.1, -0.05) is 12.1 Å². The van der Waals surface area contributed by atoms with Gasteiger partial charge in [0.1, 0.15) is 0 Å². The average Bonchev–Trinajstić information content (AvgIpc) is 2.99. The van der Waals surface area contributed by atoms with Crippen molar-refractivity contribution in [1.29, 1.82) is 0 Å². The molecule has 1 aromatic carbocycles. The average molecular weight is 307 g/mol. The molecule has 1 aliphatic rings. The van der Waals surface area contributed by atoms with Crippen molar-refractivity contribution in [2.24, 2.45) is 0 Å². The van der Waals surface area contributed by atoms with Crippen molar-refractivity contribution in [3.05, 3.63) is 23.8 Å². The molecule has 1 atom stereocenters. The van der Waals surface area contributed by atoms with Gasteiger partial charge >= 0.3 is 5.97 Å². The molecule has 5 heteroatoms. The van der Waals surface area contributed by atoms with Crippen LogP contribution in [-0.2, 0) is 4.79 Å². The summed E-state index contributed by atoms with van der Waals surface area (Å²) in [6.07, 6.45) is 3.05. The summed E-state index contributed by atoms with van der Waals surface area (Å²) in [5.41, 5.74) is 1.20. The summed E-state index contributed by atoms with van der Waals surface area (Å²) >= 11 is 0. The standard InChI is InChI=1S/C17H25NO4/c1-21-15-7-5-6-14(17(15)22-2)13-9-11-18(12-13)10-4-3-8-16(19)20/h5-7,13H,3-4,8-12H2,1-2H3,(H,19,20)/t13-/m1/s1. The fraction of sp³-hybridized carbons (Fsp3) is 0.588. The number of unbranched alkanes of at least 4 members (excludes halogenated alkanes) is 1. The van der Waals surface area contributed by atoms with E-state index in [2.05, 4.69) is 11.0 Å². The van der Waals surface area contributed by atoms with E-state index >= 15 is 0 Å². The number of methoxy groups -OCH3 is 2. The molecule has 0 bridgehead atoms. The molecule has 1 N–H and O–H groups in total. The minimum atomic E-state index is -0.708. The first-order valence-corrected chi connectivity index (χ1v) is 7.80. The van der Waals surface area contributed by atoms with Crippen molar-refractivity contribution in [1.82, 2.24) is 4.90 Å². The molecule has 0 aromatic heterocycles. The van der Waals surface area contributed by atoms with Crippen molar-refractivity contribution >= 4 is 5.97 Å². The number of ether oxygens (including phenoxy) is 2. The molecule has 22 heavy (non-hydrogen) atoms. The van der Waals surface area contributed by atoms with E-state index in [4.69, 9.17) is 14.6 Å². The van der Waals surface area contributed by atoms with Gasteiger partial charge in [-0.15, -0.1) is 0 Å². The number of para-hydroxylation sites is 1. The van der Waals surface area contributed by atoms with Gasteiger partial charge in [0.2, 0.25) is 0 Å². The van der Waals surface area contributed by atoms with Crippen LogP contribution in [0.5, 0.6) is 11.5 Å². The third kappa shape index (κ3) is 4.13. The molecular formula is C17H25NO4. The fourth-order valence-corrected chi connectivity index (χ4v) is 3.13. The van der Waals surface area contributed by atoms with Gasteiger partial charge in [-0.3, -0.25) is 4.79 Å². The first-order valence-electron chi connectivity index (χ1n) is 7.80. The molecule has 0 spiro atoms. The number of rotatable bonds is 8. The van der Waals surface area contributed by atoms with E-state index in [1.165, 1.54) is 5.56 Å². The van der Waals surface area contributed by atoms with Crippen molar-refractivity contribution < 1.29 is 19.4 Å². The Morgan fingerprint density at radius 2 is 2.14 bits per heavy atom. The fourth-order valence-electron chi connectivity index (χ4n) is 3.13. The van der Waals surface area contributed by atoms with E-state index in [-0.39, 0.29) is 6.42 Å². The van der Waals surface area contributed by atoms with Gasteiger partial charge in [-0.05, 0) is 38.4 Å². The quantitative estimate of drug-likeness (QED) is 0.748. The van der Waals surface area contributed by atoms with E-state index in [0.29, 0.717) is 5.92 Å². The molecule has 0 unspecified atom stereocenters. The number of carbonyl (C=O) groups is 1. The summed E-state index contributed by atoms with van der Waals surface area (Å²) in [4.78, 5) is 12.9. The molecule has 5 nitrogen and oxygen atoms in total. The predicted molar refractivity (Wildman–Crippen MR) is 84.8 cm³/mol. The Morgan fingerprint density at radius 3 is 2.82 bits per heavy atom. The van der Waals surface area contributed by atoms with E-state index in [0.717, 1.165) is 50.4 Å².